The number of halogens is 2. The van der Waals surface area contributed by atoms with E-state index in [1.54, 1.807) is 4.90 Å². The van der Waals surface area contributed by atoms with Gasteiger partial charge in [-0.15, -0.1) is 0 Å². The number of rotatable bonds is 9. The first kappa shape index (κ1) is 25.7. The Kier molecular flexibility index (Phi) is 8.33. The molecule has 1 saturated heterocycles. The fourth-order valence-electron chi connectivity index (χ4n) is 4.89. The van der Waals surface area contributed by atoms with E-state index in [1.807, 2.05) is 13.8 Å². The second kappa shape index (κ2) is 11.0. The van der Waals surface area contributed by atoms with Crippen LogP contribution in [-0.4, -0.2) is 55.2 Å². The highest BCUT2D eigenvalue weighted by Crippen LogP contribution is 2.54. The molecule has 1 aliphatic carbocycles. The van der Waals surface area contributed by atoms with Crippen molar-refractivity contribution in [2.45, 2.75) is 58.5 Å². The largest absolute Gasteiger partial charge is 0.493 e. The van der Waals surface area contributed by atoms with Crippen LogP contribution in [0.1, 0.15) is 62.7 Å². The lowest BCUT2D eigenvalue weighted by Gasteiger charge is -2.52. The molecule has 1 aliphatic heterocycles. The van der Waals surface area contributed by atoms with Crippen molar-refractivity contribution in [1.82, 2.24) is 10.2 Å². The van der Waals surface area contributed by atoms with Crippen LogP contribution in [-0.2, 0) is 9.53 Å². The maximum Gasteiger partial charge on any atom is 0.410 e. The number of nitrogens with zero attached hydrogens (tertiary/aromatic N) is 1. The molecule has 2 aliphatic rings. The zero-order chi connectivity index (χ0) is 24.9. The molecule has 1 aromatic rings. The van der Waals surface area contributed by atoms with Gasteiger partial charge in [0.2, 0.25) is 5.91 Å². The van der Waals surface area contributed by atoms with E-state index in [-0.39, 0.29) is 17.9 Å². The maximum absolute atomic E-state index is 14.2. The third-order valence-corrected chi connectivity index (χ3v) is 6.55. The number of carbonyl (C=O) groups excluding carboxylic acids is 3. The molecule has 2 fully saturated rings. The summed E-state index contributed by atoms with van der Waals surface area (Å²) < 4.78 is 39.2. The molecule has 8 nitrogen and oxygen atoms in total. The Bertz CT molecular complexity index is 885. The molecule has 1 spiro atoms. The number of hydrogen-bond donors (Lipinski definition) is 2. The van der Waals surface area contributed by atoms with Crippen LogP contribution in [0, 0.1) is 23.0 Å². The molecule has 3 rings (SSSR count). The summed E-state index contributed by atoms with van der Waals surface area (Å²) in [5, 5.41) is 2.06. The molecular formula is C24H33F2N3O5. The van der Waals surface area contributed by atoms with Crippen LogP contribution in [0.4, 0.5) is 13.6 Å². The van der Waals surface area contributed by atoms with E-state index >= 15 is 0 Å². The molecule has 0 unspecified atom stereocenters. The Morgan fingerprint density at radius 2 is 1.79 bits per heavy atom. The van der Waals surface area contributed by atoms with Crippen LogP contribution < -0.4 is 15.8 Å². The van der Waals surface area contributed by atoms with Crippen LogP contribution in [0.15, 0.2) is 12.1 Å². The maximum atomic E-state index is 14.2. The lowest BCUT2D eigenvalue weighted by molar-refractivity contribution is -0.117. The monoisotopic (exact) mass is 481 g/mol. The average Bonchev–Trinajstić information content (AvgIpc) is 2.73. The van der Waals surface area contributed by atoms with Gasteiger partial charge in [0.1, 0.15) is 22.9 Å². The molecule has 188 valence electrons. The number of primary amides is 1. The van der Waals surface area contributed by atoms with Gasteiger partial charge in [-0.25, -0.2) is 13.6 Å². The van der Waals surface area contributed by atoms with E-state index in [0.717, 1.165) is 63.7 Å². The summed E-state index contributed by atoms with van der Waals surface area (Å²) in [6.45, 7) is 4.95. The Labute approximate surface area is 198 Å². The third kappa shape index (κ3) is 6.57. The predicted octanol–water partition coefficient (Wildman–Crippen LogP) is 3.38. The number of benzene rings is 1. The van der Waals surface area contributed by atoms with Crippen molar-refractivity contribution in [3.63, 3.8) is 0 Å². The number of nitrogens with two attached hydrogens (primary N) is 1. The first-order chi connectivity index (χ1) is 16.1. The standard InChI is InChI=1S/C24H33F2N3O5/c1-15(2)34-23(32)29-7-5-24(6-8-29)12-16(13-24)4-3-9-33-17-10-18(25)21(19(26)11-17)22(31)28-14-20(27)30/h10-11,15-16H,3-9,12-14H2,1-2H3,(H2,27,30)(H,28,31). The van der Waals surface area contributed by atoms with Gasteiger partial charge in [0.05, 0.1) is 19.3 Å². The van der Waals surface area contributed by atoms with Gasteiger partial charge < -0.3 is 25.4 Å². The summed E-state index contributed by atoms with van der Waals surface area (Å²) in [4.78, 5) is 36.4. The number of piperidine rings is 1. The van der Waals surface area contributed by atoms with Crippen LogP contribution in [0.2, 0.25) is 0 Å². The topological polar surface area (TPSA) is 111 Å². The highest BCUT2D eigenvalue weighted by molar-refractivity contribution is 5.96. The van der Waals surface area contributed by atoms with Crippen LogP contribution in [0.5, 0.6) is 5.75 Å². The average molecular weight is 482 g/mol. The van der Waals surface area contributed by atoms with Crippen molar-refractivity contribution in [3.8, 4) is 5.75 Å². The van der Waals surface area contributed by atoms with Crippen molar-refractivity contribution >= 4 is 17.9 Å². The van der Waals surface area contributed by atoms with E-state index in [0.29, 0.717) is 17.9 Å². The van der Waals surface area contributed by atoms with Crippen molar-refractivity contribution in [1.29, 1.82) is 0 Å². The Balaban J connectivity index is 1.37. The van der Waals surface area contributed by atoms with Gasteiger partial charge in [0.25, 0.3) is 5.91 Å². The quantitative estimate of drug-likeness (QED) is 0.526. The molecule has 1 saturated carbocycles. The molecule has 0 aromatic heterocycles. The van der Waals surface area contributed by atoms with E-state index in [9.17, 15) is 23.2 Å². The zero-order valence-corrected chi connectivity index (χ0v) is 19.7. The van der Waals surface area contributed by atoms with E-state index < -0.39 is 35.6 Å². The lowest BCUT2D eigenvalue weighted by atomic mass is 9.56. The van der Waals surface area contributed by atoms with Crippen molar-refractivity contribution in [2.24, 2.45) is 17.1 Å². The smallest absolute Gasteiger partial charge is 0.410 e. The van der Waals surface area contributed by atoms with Gasteiger partial charge in [-0.2, -0.15) is 0 Å². The molecule has 34 heavy (non-hydrogen) atoms. The SMILES string of the molecule is CC(C)OC(=O)N1CCC2(CC1)CC(CCCOc1cc(F)c(C(=O)NCC(N)=O)c(F)c1)C2. The molecule has 3 N–H and O–H groups in total. The van der Waals surface area contributed by atoms with Gasteiger partial charge in [-0.3, -0.25) is 9.59 Å². The van der Waals surface area contributed by atoms with Crippen molar-refractivity contribution < 1.29 is 32.6 Å². The van der Waals surface area contributed by atoms with Gasteiger partial charge in [0.15, 0.2) is 0 Å². The van der Waals surface area contributed by atoms with Gasteiger partial charge in [-0.05, 0) is 63.7 Å². The van der Waals surface area contributed by atoms with Crippen molar-refractivity contribution in [2.75, 3.05) is 26.2 Å². The summed E-state index contributed by atoms with van der Waals surface area (Å²) in [6, 6.07) is 1.91. The minimum Gasteiger partial charge on any atom is -0.493 e. The number of amides is 3. The molecule has 0 atom stereocenters. The minimum absolute atomic E-state index is 0.00665. The number of ether oxygens (including phenoxy) is 2. The Morgan fingerprint density at radius 1 is 1.18 bits per heavy atom. The van der Waals surface area contributed by atoms with E-state index in [2.05, 4.69) is 5.32 Å². The second-order valence-electron chi connectivity index (χ2n) is 9.60. The first-order valence-corrected chi connectivity index (χ1v) is 11.7. The number of nitrogens with one attached hydrogen (secondary N) is 1. The number of carbonyl (C=O) groups is 3. The highest BCUT2D eigenvalue weighted by Gasteiger charge is 2.46. The predicted molar refractivity (Wildman–Crippen MR) is 120 cm³/mol. The van der Waals surface area contributed by atoms with Crippen LogP contribution in [0.3, 0.4) is 0 Å². The second-order valence-corrected chi connectivity index (χ2v) is 9.60. The van der Waals surface area contributed by atoms with Gasteiger partial charge in [-0.1, -0.05) is 0 Å². The first-order valence-electron chi connectivity index (χ1n) is 11.7. The highest BCUT2D eigenvalue weighted by atomic mass is 19.1. The fraction of sp³-hybridized carbons (Fsp3) is 0.625. The third-order valence-electron chi connectivity index (χ3n) is 6.55. The summed E-state index contributed by atoms with van der Waals surface area (Å²) in [6.07, 6.45) is 5.59. The molecule has 0 radical (unpaired) electrons. The van der Waals surface area contributed by atoms with Crippen LogP contribution >= 0.6 is 0 Å². The molecule has 1 aromatic carbocycles. The normalized spacial score (nSPS) is 17.4. The molecule has 10 heteroatoms. The molecule has 1 heterocycles. The Hall–Kier alpha value is -2.91. The zero-order valence-electron chi connectivity index (χ0n) is 19.7. The van der Waals surface area contributed by atoms with Crippen molar-refractivity contribution in [3.05, 3.63) is 29.3 Å². The van der Waals surface area contributed by atoms with E-state index in [4.69, 9.17) is 15.2 Å². The fourth-order valence-corrected chi connectivity index (χ4v) is 4.89. The Morgan fingerprint density at radius 3 is 2.35 bits per heavy atom. The molecule has 0 bridgehead atoms. The van der Waals surface area contributed by atoms with E-state index in [1.165, 1.54) is 0 Å². The van der Waals surface area contributed by atoms with Gasteiger partial charge >= 0.3 is 6.09 Å². The minimum atomic E-state index is -1.07. The summed E-state index contributed by atoms with van der Waals surface area (Å²) >= 11 is 0. The summed E-state index contributed by atoms with van der Waals surface area (Å²) in [5.41, 5.74) is 4.45. The van der Waals surface area contributed by atoms with Crippen LogP contribution in [0.25, 0.3) is 0 Å². The number of likely N-dealkylation sites (tertiary alicyclic amines) is 1. The molecular weight excluding hydrogens is 448 g/mol. The summed E-state index contributed by atoms with van der Waals surface area (Å²) in [5.74, 6) is -3.41. The summed E-state index contributed by atoms with van der Waals surface area (Å²) in [7, 11) is 0. The molecule has 3 amide bonds. The lowest BCUT2D eigenvalue weighted by Crippen LogP contribution is -2.49. The number of hydrogen-bond acceptors (Lipinski definition) is 5. The van der Waals surface area contributed by atoms with Gasteiger partial charge in [0, 0.05) is 25.2 Å².